The second kappa shape index (κ2) is 6.56. The first-order valence-corrected chi connectivity index (χ1v) is 6.64. The van der Waals surface area contributed by atoms with Crippen molar-refractivity contribution in [1.82, 2.24) is 4.98 Å². The minimum atomic E-state index is -1.30. The molecule has 1 amide bonds. The molecule has 6 heteroatoms. The first-order valence-electron chi connectivity index (χ1n) is 6.26. The average Bonchev–Trinajstić information content (AvgIpc) is 2.49. The molecule has 0 saturated carbocycles. The number of aliphatic hydroxyl groups excluding tert-OH is 1. The molecule has 0 aliphatic carbocycles. The van der Waals surface area contributed by atoms with Gasteiger partial charge >= 0.3 is 0 Å². The van der Waals surface area contributed by atoms with Crippen molar-refractivity contribution in [2.75, 3.05) is 12.4 Å². The van der Waals surface area contributed by atoms with Crippen LogP contribution in [0.15, 0.2) is 36.5 Å². The Morgan fingerprint density at radius 1 is 1.43 bits per heavy atom. The van der Waals surface area contributed by atoms with Crippen LogP contribution in [0.5, 0.6) is 5.75 Å². The van der Waals surface area contributed by atoms with E-state index in [0.29, 0.717) is 22.2 Å². The quantitative estimate of drug-likeness (QED) is 0.852. The predicted molar refractivity (Wildman–Crippen MR) is 80.6 cm³/mol. The highest BCUT2D eigenvalue weighted by atomic mass is 35.5. The van der Waals surface area contributed by atoms with Gasteiger partial charge in [0.1, 0.15) is 10.9 Å². The Morgan fingerprint density at radius 3 is 2.86 bits per heavy atom. The molecular formula is C15H15ClN2O3. The molecule has 1 aromatic heterocycles. The van der Waals surface area contributed by atoms with Crippen LogP contribution < -0.4 is 10.1 Å². The Labute approximate surface area is 127 Å². The number of aryl methyl sites for hydroxylation is 1. The van der Waals surface area contributed by atoms with Gasteiger partial charge in [0.05, 0.1) is 19.0 Å². The molecule has 0 saturated heterocycles. The number of rotatable bonds is 4. The fraction of sp³-hybridized carbons (Fsp3) is 0.200. The van der Waals surface area contributed by atoms with Crippen LogP contribution in [0.1, 0.15) is 17.2 Å². The molecule has 0 spiro atoms. The van der Waals surface area contributed by atoms with Crippen LogP contribution >= 0.6 is 11.6 Å². The van der Waals surface area contributed by atoms with Crippen molar-refractivity contribution in [2.45, 2.75) is 13.0 Å². The summed E-state index contributed by atoms with van der Waals surface area (Å²) >= 11 is 5.76. The van der Waals surface area contributed by atoms with Gasteiger partial charge < -0.3 is 15.2 Å². The molecular weight excluding hydrogens is 292 g/mol. The number of methoxy groups -OCH3 is 1. The topological polar surface area (TPSA) is 71.5 Å². The van der Waals surface area contributed by atoms with E-state index in [1.54, 1.807) is 37.3 Å². The van der Waals surface area contributed by atoms with Crippen LogP contribution in [0.2, 0.25) is 5.15 Å². The monoisotopic (exact) mass is 306 g/mol. The van der Waals surface area contributed by atoms with Gasteiger partial charge in [-0.05, 0) is 36.2 Å². The Kier molecular flexibility index (Phi) is 4.77. The summed E-state index contributed by atoms with van der Waals surface area (Å²) in [6.07, 6.45) is 0.156. The average molecular weight is 307 g/mol. The molecule has 1 atom stereocenters. The van der Waals surface area contributed by atoms with Crippen molar-refractivity contribution in [3.8, 4) is 5.75 Å². The number of benzene rings is 1. The van der Waals surface area contributed by atoms with Crippen LogP contribution in [-0.2, 0) is 4.79 Å². The lowest BCUT2D eigenvalue weighted by atomic mass is 10.1. The molecule has 1 heterocycles. The van der Waals surface area contributed by atoms with Crippen molar-refractivity contribution < 1.29 is 14.6 Å². The van der Waals surface area contributed by atoms with Crippen molar-refractivity contribution in [2.24, 2.45) is 0 Å². The number of amides is 1. The maximum Gasteiger partial charge on any atom is 0.257 e. The molecule has 0 fully saturated rings. The Morgan fingerprint density at radius 2 is 2.19 bits per heavy atom. The number of aliphatic hydroxyl groups is 1. The number of hydrogen-bond donors (Lipinski definition) is 2. The van der Waals surface area contributed by atoms with E-state index in [2.05, 4.69) is 10.3 Å². The zero-order chi connectivity index (χ0) is 15.4. The Hall–Kier alpha value is -2.11. The van der Waals surface area contributed by atoms with Gasteiger partial charge in [-0.15, -0.1) is 0 Å². The molecule has 21 heavy (non-hydrogen) atoms. The first kappa shape index (κ1) is 15.3. The smallest absolute Gasteiger partial charge is 0.257 e. The highest BCUT2D eigenvalue weighted by Gasteiger charge is 2.18. The molecule has 110 valence electrons. The molecule has 0 radical (unpaired) electrons. The third-order valence-corrected chi connectivity index (χ3v) is 3.20. The molecule has 1 aromatic carbocycles. The summed E-state index contributed by atoms with van der Waals surface area (Å²) in [6, 6.07) is 8.34. The summed E-state index contributed by atoms with van der Waals surface area (Å²) < 4.78 is 5.07. The minimum Gasteiger partial charge on any atom is -0.497 e. The van der Waals surface area contributed by atoms with Crippen LogP contribution in [0.4, 0.5) is 5.69 Å². The first-order chi connectivity index (χ1) is 10.0. The van der Waals surface area contributed by atoms with E-state index in [-0.39, 0.29) is 0 Å². The molecule has 5 nitrogen and oxygen atoms in total. The number of anilines is 1. The Bertz CT molecular complexity index is 661. The van der Waals surface area contributed by atoms with E-state index < -0.39 is 12.0 Å². The van der Waals surface area contributed by atoms with Gasteiger partial charge in [0.15, 0.2) is 6.10 Å². The largest absolute Gasteiger partial charge is 0.497 e. The second-order valence-corrected chi connectivity index (χ2v) is 4.88. The van der Waals surface area contributed by atoms with Gasteiger partial charge in [0, 0.05) is 0 Å². The predicted octanol–water partition coefficient (Wildman–Crippen LogP) is 2.72. The number of halogens is 1. The van der Waals surface area contributed by atoms with E-state index in [1.165, 1.54) is 13.3 Å². The van der Waals surface area contributed by atoms with E-state index in [4.69, 9.17) is 16.3 Å². The lowest BCUT2D eigenvalue weighted by Gasteiger charge is -2.13. The van der Waals surface area contributed by atoms with Gasteiger partial charge in [0.2, 0.25) is 0 Å². The van der Waals surface area contributed by atoms with Crippen LogP contribution in [0.25, 0.3) is 0 Å². The number of carbonyl (C=O) groups excluding carboxylic acids is 1. The summed E-state index contributed by atoms with van der Waals surface area (Å²) in [5.41, 5.74) is 1.72. The highest BCUT2D eigenvalue weighted by molar-refractivity contribution is 6.29. The minimum absolute atomic E-state index is 0.346. The van der Waals surface area contributed by atoms with E-state index >= 15 is 0 Å². The van der Waals surface area contributed by atoms with Gasteiger partial charge in [-0.1, -0.05) is 23.7 Å². The lowest BCUT2D eigenvalue weighted by Crippen LogP contribution is -2.21. The van der Waals surface area contributed by atoms with Crippen LogP contribution in [0, 0.1) is 6.92 Å². The number of pyridine rings is 1. The number of nitrogens with zero attached hydrogens (tertiary/aromatic N) is 1. The summed E-state index contributed by atoms with van der Waals surface area (Å²) in [4.78, 5) is 16.0. The summed E-state index contributed by atoms with van der Waals surface area (Å²) in [6.45, 7) is 1.79. The van der Waals surface area contributed by atoms with Crippen molar-refractivity contribution >= 4 is 23.2 Å². The van der Waals surface area contributed by atoms with E-state index in [9.17, 15) is 9.90 Å². The van der Waals surface area contributed by atoms with Gasteiger partial charge in [-0.2, -0.15) is 0 Å². The number of carbonyl (C=O) groups is 1. The van der Waals surface area contributed by atoms with Gasteiger partial charge in [-0.3, -0.25) is 4.79 Å². The zero-order valence-corrected chi connectivity index (χ0v) is 12.4. The van der Waals surface area contributed by atoms with Crippen LogP contribution in [-0.4, -0.2) is 23.1 Å². The van der Waals surface area contributed by atoms with Gasteiger partial charge in [0.25, 0.3) is 5.91 Å². The maximum absolute atomic E-state index is 12.1. The molecule has 2 N–H and O–H groups in total. The normalized spacial score (nSPS) is 11.8. The second-order valence-electron chi connectivity index (χ2n) is 4.49. The van der Waals surface area contributed by atoms with Crippen LogP contribution in [0.3, 0.4) is 0 Å². The van der Waals surface area contributed by atoms with Crippen molar-refractivity contribution in [3.63, 3.8) is 0 Å². The van der Waals surface area contributed by atoms with E-state index in [0.717, 1.165) is 5.56 Å². The molecule has 0 aliphatic rings. The standard InChI is InChI=1S/C15H15ClN2O3/c1-9-6-13(16)17-8-12(9)18-15(20)14(19)10-4-3-5-11(7-10)21-2/h3-8,14,19H,1-2H3,(H,18,20). The molecule has 2 rings (SSSR count). The highest BCUT2D eigenvalue weighted by Crippen LogP contribution is 2.22. The lowest BCUT2D eigenvalue weighted by molar-refractivity contribution is -0.124. The van der Waals surface area contributed by atoms with Crippen molar-refractivity contribution in [3.05, 3.63) is 52.8 Å². The summed E-state index contributed by atoms with van der Waals surface area (Å²) in [5.74, 6) is 0.0270. The summed E-state index contributed by atoms with van der Waals surface area (Å²) in [5, 5.41) is 13.1. The number of ether oxygens (including phenoxy) is 1. The number of hydrogen-bond acceptors (Lipinski definition) is 4. The third-order valence-electron chi connectivity index (χ3n) is 2.99. The fourth-order valence-corrected chi connectivity index (χ4v) is 2.03. The maximum atomic E-state index is 12.1. The SMILES string of the molecule is COc1cccc(C(O)C(=O)Nc2cnc(Cl)cc2C)c1. The number of aromatic nitrogens is 1. The molecule has 0 bridgehead atoms. The molecule has 2 aromatic rings. The molecule has 1 unspecified atom stereocenters. The third kappa shape index (κ3) is 3.71. The fourth-order valence-electron chi connectivity index (χ4n) is 1.82. The number of nitrogens with one attached hydrogen (secondary N) is 1. The van der Waals surface area contributed by atoms with E-state index in [1.807, 2.05) is 0 Å². The van der Waals surface area contributed by atoms with Crippen molar-refractivity contribution in [1.29, 1.82) is 0 Å². The van der Waals surface area contributed by atoms with Gasteiger partial charge in [-0.25, -0.2) is 4.98 Å². The summed E-state index contributed by atoms with van der Waals surface area (Å²) in [7, 11) is 1.52. The molecule has 0 aliphatic heterocycles. The Balaban J connectivity index is 2.15. The zero-order valence-electron chi connectivity index (χ0n) is 11.6.